The molecule has 32 heavy (non-hydrogen) atoms. The number of anilines is 1. The highest BCUT2D eigenvalue weighted by Crippen LogP contribution is 2.21. The second-order valence-corrected chi connectivity index (χ2v) is 9.77. The van der Waals surface area contributed by atoms with Gasteiger partial charge in [-0.1, -0.05) is 36.4 Å². The highest BCUT2D eigenvalue weighted by atomic mass is 32.2. The van der Waals surface area contributed by atoms with Crippen molar-refractivity contribution in [2.45, 2.75) is 36.6 Å². The summed E-state index contributed by atoms with van der Waals surface area (Å²) in [7, 11) is 0. The van der Waals surface area contributed by atoms with Crippen molar-refractivity contribution < 1.29 is 14.7 Å². The SMILES string of the molecule is CSCC[C@H](NC(=O)c1cc(NC[C@@H]2C[C@H](S)CN2)ccc1Cc1ccccc1)C(=O)O. The van der Waals surface area contributed by atoms with Crippen LogP contribution < -0.4 is 16.0 Å². The smallest absolute Gasteiger partial charge is 0.326 e. The van der Waals surface area contributed by atoms with Crippen LogP contribution in [0.15, 0.2) is 48.5 Å². The molecule has 1 heterocycles. The molecule has 1 amide bonds. The largest absolute Gasteiger partial charge is 0.480 e. The third kappa shape index (κ3) is 7.18. The van der Waals surface area contributed by atoms with Gasteiger partial charge < -0.3 is 21.1 Å². The molecule has 8 heteroatoms. The molecule has 3 rings (SSSR count). The fourth-order valence-electron chi connectivity index (χ4n) is 3.79. The topological polar surface area (TPSA) is 90.5 Å². The van der Waals surface area contributed by atoms with E-state index in [0.29, 0.717) is 35.4 Å². The molecule has 4 N–H and O–H groups in total. The predicted octanol–water partition coefficient (Wildman–Crippen LogP) is 3.29. The lowest BCUT2D eigenvalue weighted by Gasteiger charge is -2.18. The summed E-state index contributed by atoms with van der Waals surface area (Å²) < 4.78 is 0. The number of carbonyl (C=O) groups excluding carboxylic acids is 1. The van der Waals surface area contributed by atoms with Gasteiger partial charge in [0.25, 0.3) is 5.91 Å². The maximum absolute atomic E-state index is 13.2. The molecule has 1 fully saturated rings. The fourth-order valence-corrected chi connectivity index (χ4v) is 4.62. The number of carboxylic acids is 1. The van der Waals surface area contributed by atoms with Crippen LogP contribution in [0.2, 0.25) is 0 Å². The van der Waals surface area contributed by atoms with E-state index in [1.807, 2.05) is 54.8 Å². The number of hydrogen-bond acceptors (Lipinski definition) is 6. The molecule has 0 aliphatic carbocycles. The van der Waals surface area contributed by atoms with Gasteiger partial charge >= 0.3 is 5.97 Å². The van der Waals surface area contributed by atoms with Crippen molar-refractivity contribution in [1.82, 2.24) is 10.6 Å². The molecule has 6 nitrogen and oxygen atoms in total. The van der Waals surface area contributed by atoms with Crippen LogP contribution in [0.25, 0.3) is 0 Å². The van der Waals surface area contributed by atoms with E-state index in [1.54, 1.807) is 11.8 Å². The molecule has 1 aliphatic heterocycles. The maximum Gasteiger partial charge on any atom is 0.326 e. The zero-order valence-corrected chi connectivity index (χ0v) is 19.9. The van der Waals surface area contributed by atoms with Gasteiger partial charge in [0.2, 0.25) is 0 Å². The van der Waals surface area contributed by atoms with E-state index in [-0.39, 0.29) is 5.91 Å². The van der Waals surface area contributed by atoms with Crippen LogP contribution in [-0.2, 0) is 11.2 Å². The Hall–Kier alpha value is -2.16. The van der Waals surface area contributed by atoms with Crippen molar-refractivity contribution in [3.63, 3.8) is 0 Å². The molecule has 1 aliphatic rings. The summed E-state index contributed by atoms with van der Waals surface area (Å²) in [6, 6.07) is 15.1. The summed E-state index contributed by atoms with van der Waals surface area (Å²) in [4.78, 5) is 24.8. The van der Waals surface area contributed by atoms with Gasteiger partial charge in [0.15, 0.2) is 0 Å². The summed E-state index contributed by atoms with van der Waals surface area (Å²) in [6.07, 6.45) is 3.89. The summed E-state index contributed by atoms with van der Waals surface area (Å²) >= 11 is 6.08. The zero-order valence-electron chi connectivity index (χ0n) is 18.2. The van der Waals surface area contributed by atoms with Crippen LogP contribution >= 0.6 is 24.4 Å². The van der Waals surface area contributed by atoms with Crippen molar-refractivity contribution >= 4 is 42.0 Å². The van der Waals surface area contributed by atoms with Crippen LogP contribution in [0, 0.1) is 0 Å². The predicted molar refractivity (Wildman–Crippen MR) is 135 cm³/mol. The van der Waals surface area contributed by atoms with E-state index in [4.69, 9.17) is 0 Å². The Morgan fingerprint density at radius 3 is 2.69 bits per heavy atom. The number of hydrogen-bond donors (Lipinski definition) is 5. The lowest BCUT2D eigenvalue weighted by Crippen LogP contribution is -2.41. The van der Waals surface area contributed by atoms with E-state index in [2.05, 4.69) is 28.6 Å². The third-order valence-corrected chi connectivity index (χ3v) is 6.59. The minimum Gasteiger partial charge on any atom is -0.480 e. The molecule has 0 radical (unpaired) electrons. The second-order valence-electron chi connectivity index (χ2n) is 8.06. The van der Waals surface area contributed by atoms with Crippen molar-refractivity contribution in [2.24, 2.45) is 0 Å². The molecule has 172 valence electrons. The number of carbonyl (C=O) groups is 2. The minimum absolute atomic E-state index is 0.335. The molecule has 0 aromatic heterocycles. The van der Waals surface area contributed by atoms with Gasteiger partial charge in [0.1, 0.15) is 6.04 Å². The fraction of sp³-hybridized carbons (Fsp3) is 0.417. The average Bonchev–Trinajstić information content (AvgIpc) is 3.21. The lowest BCUT2D eigenvalue weighted by atomic mass is 9.98. The normalized spacial score (nSPS) is 18.8. The maximum atomic E-state index is 13.2. The first kappa shape index (κ1) is 24.5. The summed E-state index contributed by atoms with van der Waals surface area (Å²) in [5, 5.41) is 19.5. The van der Waals surface area contributed by atoms with Crippen molar-refractivity contribution in [3.05, 3.63) is 65.2 Å². The highest BCUT2D eigenvalue weighted by Gasteiger charge is 2.23. The average molecular weight is 474 g/mol. The number of carboxylic acid groups (broad SMARTS) is 1. The first-order chi connectivity index (χ1) is 15.5. The molecule has 2 aromatic rings. The molecule has 0 bridgehead atoms. The Labute approximate surface area is 199 Å². The first-order valence-electron chi connectivity index (χ1n) is 10.8. The molecular formula is C24H31N3O3S2. The van der Waals surface area contributed by atoms with Gasteiger partial charge in [0.05, 0.1) is 0 Å². The number of rotatable bonds is 11. The van der Waals surface area contributed by atoms with E-state index in [0.717, 1.165) is 36.3 Å². The van der Waals surface area contributed by atoms with Crippen molar-refractivity contribution in [2.75, 3.05) is 30.4 Å². The van der Waals surface area contributed by atoms with Gasteiger partial charge in [-0.25, -0.2) is 4.79 Å². The molecule has 3 atom stereocenters. The number of amides is 1. The Morgan fingerprint density at radius 2 is 2.03 bits per heavy atom. The Bertz CT molecular complexity index is 911. The van der Waals surface area contributed by atoms with Gasteiger partial charge in [-0.05, 0) is 54.5 Å². The Balaban J connectivity index is 1.79. The van der Waals surface area contributed by atoms with Gasteiger partial charge in [0, 0.05) is 35.6 Å². The summed E-state index contributed by atoms with van der Waals surface area (Å²) in [5.41, 5.74) is 3.30. The highest BCUT2D eigenvalue weighted by molar-refractivity contribution is 7.98. The molecule has 1 saturated heterocycles. The number of nitrogens with one attached hydrogen (secondary N) is 3. The van der Waals surface area contributed by atoms with E-state index >= 15 is 0 Å². The standard InChI is InChI=1S/C24H31N3O3S2/c1-32-10-9-22(24(29)30)27-23(28)21-13-18(25-14-19-12-20(31)15-26-19)8-7-17(21)11-16-5-3-2-4-6-16/h2-8,13,19-20,22,25-26,31H,9-12,14-15H2,1H3,(H,27,28)(H,29,30)/t19-,20-,22-/m0/s1. The minimum atomic E-state index is -1.01. The molecule has 0 saturated carbocycles. The van der Waals surface area contributed by atoms with E-state index in [9.17, 15) is 14.7 Å². The van der Waals surface area contributed by atoms with Crippen LogP contribution in [0.1, 0.15) is 34.3 Å². The number of thiol groups is 1. The van der Waals surface area contributed by atoms with E-state index < -0.39 is 12.0 Å². The molecule has 0 spiro atoms. The Morgan fingerprint density at radius 1 is 1.25 bits per heavy atom. The van der Waals surface area contributed by atoms with Gasteiger partial charge in [-0.3, -0.25) is 4.79 Å². The number of thioether (sulfide) groups is 1. The van der Waals surface area contributed by atoms with Crippen molar-refractivity contribution in [3.8, 4) is 0 Å². The van der Waals surface area contributed by atoms with Gasteiger partial charge in [-0.15, -0.1) is 0 Å². The van der Waals surface area contributed by atoms with Crippen LogP contribution in [-0.4, -0.2) is 59.4 Å². The molecular weight excluding hydrogens is 442 g/mol. The lowest BCUT2D eigenvalue weighted by molar-refractivity contribution is -0.139. The van der Waals surface area contributed by atoms with Crippen LogP contribution in [0.3, 0.4) is 0 Å². The molecule has 2 aromatic carbocycles. The second kappa shape index (κ2) is 12.2. The number of aliphatic carboxylic acids is 1. The van der Waals surface area contributed by atoms with E-state index in [1.165, 1.54) is 0 Å². The monoisotopic (exact) mass is 473 g/mol. The Kier molecular flexibility index (Phi) is 9.32. The summed E-state index contributed by atoms with van der Waals surface area (Å²) in [6.45, 7) is 1.63. The quantitative estimate of drug-likeness (QED) is 0.322. The zero-order chi connectivity index (χ0) is 22.9. The molecule has 0 unspecified atom stereocenters. The van der Waals surface area contributed by atoms with Crippen molar-refractivity contribution in [1.29, 1.82) is 0 Å². The third-order valence-electron chi connectivity index (χ3n) is 5.56. The first-order valence-corrected chi connectivity index (χ1v) is 12.7. The number of benzene rings is 2. The summed E-state index contributed by atoms with van der Waals surface area (Å²) in [5.74, 6) is -0.710. The van der Waals surface area contributed by atoms with Gasteiger partial charge in [-0.2, -0.15) is 24.4 Å². The van der Waals surface area contributed by atoms with Crippen LogP contribution in [0.4, 0.5) is 5.69 Å². The van der Waals surface area contributed by atoms with Crippen LogP contribution in [0.5, 0.6) is 0 Å².